The van der Waals surface area contributed by atoms with Crippen LogP contribution in [0.15, 0.2) is 89.9 Å². The molecule has 3 aromatic carbocycles. The molecule has 0 atom stereocenters. The lowest BCUT2D eigenvalue weighted by molar-refractivity contribution is 0.834. The molecule has 0 heterocycles. The Balaban J connectivity index is 1.82. The molecule has 160 valence electrons. The number of rotatable bonds is 7. The van der Waals surface area contributed by atoms with Gasteiger partial charge in [-0.05, 0) is 66.1 Å². The van der Waals surface area contributed by atoms with Crippen molar-refractivity contribution in [2.45, 2.75) is 58.8 Å². The predicted molar refractivity (Wildman–Crippen MR) is 138 cm³/mol. The van der Waals surface area contributed by atoms with E-state index in [4.69, 9.17) is 0 Å². The first-order valence-corrected chi connectivity index (χ1v) is 12.9. The summed E-state index contributed by atoms with van der Waals surface area (Å²) >= 11 is 0. The summed E-state index contributed by atoms with van der Waals surface area (Å²) in [6, 6.07) is 29.0. The van der Waals surface area contributed by atoms with E-state index in [-0.39, 0.29) is 0 Å². The van der Waals surface area contributed by atoms with Crippen LogP contribution in [0.5, 0.6) is 0 Å². The van der Waals surface area contributed by atoms with Crippen molar-refractivity contribution >= 4 is 24.2 Å². The third kappa shape index (κ3) is 4.78. The minimum atomic E-state index is -0.520. The average Bonchev–Trinajstić information content (AvgIpc) is 3.23. The van der Waals surface area contributed by atoms with Gasteiger partial charge in [-0.1, -0.05) is 107 Å². The molecule has 0 amide bonds. The predicted octanol–water partition coefficient (Wildman–Crippen LogP) is 7.87. The SMILES string of the molecule is CC(C)c1cccc(C(C)C)c1NC1=C(P(c2ccccc2)c2ccccc2)CCC1. The van der Waals surface area contributed by atoms with Crippen LogP contribution in [-0.4, -0.2) is 0 Å². The normalized spacial score (nSPS) is 14.2. The molecule has 0 saturated carbocycles. The molecule has 1 nitrogen and oxygen atoms in total. The van der Waals surface area contributed by atoms with E-state index in [1.54, 1.807) is 5.31 Å². The molecular formula is C29H34NP. The van der Waals surface area contributed by atoms with E-state index >= 15 is 0 Å². The van der Waals surface area contributed by atoms with Gasteiger partial charge in [0.15, 0.2) is 0 Å². The Morgan fingerprint density at radius 3 is 1.65 bits per heavy atom. The first-order chi connectivity index (χ1) is 15.1. The molecule has 1 aliphatic rings. The number of benzene rings is 3. The van der Waals surface area contributed by atoms with E-state index < -0.39 is 7.92 Å². The first-order valence-electron chi connectivity index (χ1n) is 11.6. The van der Waals surface area contributed by atoms with Crippen LogP contribution in [0.2, 0.25) is 0 Å². The minimum absolute atomic E-state index is 0.497. The Labute approximate surface area is 189 Å². The number of para-hydroxylation sites is 1. The van der Waals surface area contributed by atoms with Crippen molar-refractivity contribution in [2.75, 3.05) is 5.32 Å². The van der Waals surface area contributed by atoms with Gasteiger partial charge in [-0.15, -0.1) is 0 Å². The zero-order valence-corrected chi connectivity index (χ0v) is 20.1. The van der Waals surface area contributed by atoms with Crippen molar-refractivity contribution in [3.05, 3.63) is 101 Å². The van der Waals surface area contributed by atoms with Crippen molar-refractivity contribution in [3.63, 3.8) is 0 Å². The standard InChI is InChI=1S/C29H34NP/c1-21(2)25-17-11-18-26(22(3)4)29(25)30-27-19-12-20-28(27)31(23-13-7-5-8-14-23)24-15-9-6-10-16-24/h5-11,13-18,21-22,30H,12,19-20H2,1-4H3. The molecule has 0 unspecified atom stereocenters. The highest BCUT2D eigenvalue weighted by atomic mass is 31.1. The van der Waals surface area contributed by atoms with Gasteiger partial charge in [0.2, 0.25) is 0 Å². The third-order valence-corrected chi connectivity index (χ3v) is 8.80. The zero-order valence-electron chi connectivity index (χ0n) is 19.2. The number of anilines is 1. The Morgan fingerprint density at radius 1 is 0.645 bits per heavy atom. The van der Waals surface area contributed by atoms with Crippen LogP contribution < -0.4 is 15.9 Å². The van der Waals surface area contributed by atoms with Crippen molar-refractivity contribution in [1.29, 1.82) is 0 Å². The van der Waals surface area contributed by atoms with Gasteiger partial charge in [0.05, 0.1) is 0 Å². The van der Waals surface area contributed by atoms with E-state index in [0.29, 0.717) is 11.8 Å². The molecule has 31 heavy (non-hydrogen) atoms. The topological polar surface area (TPSA) is 12.0 Å². The Morgan fingerprint density at radius 2 is 1.16 bits per heavy atom. The van der Waals surface area contributed by atoms with Crippen LogP contribution in [0, 0.1) is 0 Å². The molecule has 0 spiro atoms. The van der Waals surface area contributed by atoms with E-state index in [1.165, 1.54) is 46.0 Å². The van der Waals surface area contributed by atoms with Gasteiger partial charge in [-0.25, -0.2) is 0 Å². The number of allylic oxidation sites excluding steroid dienone is 2. The summed E-state index contributed by atoms with van der Waals surface area (Å²) in [6.45, 7) is 9.20. The average molecular weight is 428 g/mol. The summed E-state index contributed by atoms with van der Waals surface area (Å²) < 4.78 is 0. The van der Waals surface area contributed by atoms with E-state index in [0.717, 1.165) is 6.42 Å². The molecule has 4 rings (SSSR count). The van der Waals surface area contributed by atoms with E-state index in [2.05, 4.69) is 112 Å². The third-order valence-electron chi connectivity index (χ3n) is 6.14. The quantitative estimate of drug-likeness (QED) is 0.378. The van der Waals surface area contributed by atoms with Crippen molar-refractivity contribution in [3.8, 4) is 0 Å². The highest BCUT2D eigenvalue weighted by Gasteiger charge is 2.27. The molecule has 0 fully saturated rings. The fourth-order valence-electron chi connectivity index (χ4n) is 4.57. The van der Waals surface area contributed by atoms with Crippen molar-refractivity contribution in [1.82, 2.24) is 0 Å². The molecule has 2 heteroatoms. The summed E-state index contributed by atoms with van der Waals surface area (Å²) in [5.41, 5.74) is 5.65. The van der Waals surface area contributed by atoms with Gasteiger partial charge in [-0.2, -0.15) is 0 Å². The zero-order chi connectivity index (χ0) is 21.8. The lowest BCUT2D eigenvalue weighted by Crippen LogP contribution is -2.14. The largest absolute Gasteiger partial charge is 0.358 e. The van der Waals surface area contributed by atoms with Crippen LogP contribution in [0.4, 0.5) is 5.69 Å². The Hall–Kier alpha value is -2.37. The second-order valence-electron chi connectivity index (χ2n) is 9.03. The lowest BCUT2D eigenvalue weighted by atomic mass is 9.92. The molecule has 0 saturated heterocycles. The number of nitrogens with one attached hydrogen (secondary N) is 1. The van der Waals surface area contributed by atoms with Gasteiger partial charge in [-0.3, -0.25) is 0 Å². The molecule has 0 bridgehead atoms. The smallest absolute Gasteiger partial charge is 0.0452 e. The molecule has 0 aromatic heterocycles. The van der Waals surface area contributed by atoms with E-state index in [1.807, 2.05) is 0 Å². The molecule has 1 aliphatic carbocycles. The van der Waals surface area contributed by atoms with Gasteiger partial charge in [0, 0.05) is 11.4 Å². The van der Waals surface area contributed by atoms with Crippen molar-refractivity contribution < 1.29 is 0 Å². The van der Waals surface area contributed by atoms with Gasteiger partial charge < -0.3 is 5.32 Å². The molecule has 0 aliphatic heterocycles. The van der Waals surface area contributed by atoms with Gasteiger partial charge in [0.25, 0.3) is 0 Å². The molecule has 1 N–H and O–H groups in total. The van der Waals surface area contributed by atoms with Crippen LogP contribution in [-0.2, 0) is 0 Å². The minimum Gasteiger partial charge on any atom is -0.358 e. The van der Waals surface area contributed by atoms with Crippen LogP contribution in [0.25, 0.3) is 0 Å². The monoisotopic (exact) mass is 427 g/mol. The fraction of sp³-hybridized carbons (Fsp3) is 0.310. The number of hydrogen-bond donors (Lipinski definition) is 1. The lowest BCUT2D eigenvalue weighted by Gasteiger charge is -2.25. The molecular weight excluding hydrogens is 393 g/mol. The summed E-state index contributed by atoms with van der Waals surface area (Å²) in [7, 11) is -0.520. The van der Waals surface area contributed by atoms with Crippen molar-refractivity contribution in [2.24, 2.45) is 0 Å². The maximum Gasteiger partial charge on any atom is 0.0452 e. The number of hydrogen-bond acceptors (Lipinski definition) is 1. The molecule has 0 radical (unpaired) electrons. The highest BCUT2D eigenvalue weighted by Crippen LogP contribution is 2.51. The first kappa shape index (κ1) is 21.8. The van der Waals surface area contributed by atoms with Crippen LogP contribution in [0.3, 0.4) is 0 Å². The molecule has 3 aromatic rings. The highest BCUT2D eigenvalue weighted by molar-refractivity contribution is 7.76. The van der Waals surface area contributed by atoms with Gasteiger partial charge >= 0.3 is 0 Å². The maximum absolute atomic E-state index is 4.01. The second-order valence-corrected chi connectivity index (χ2v) is 11.3. The summed E-state index contributed by atoms with van der Waals surface area (Å²) in [5, 5.41) is 8.51. The van der Waals surface area contributed by atoms with Gasteiger partial charge in [0.1, 0.15) is 0 Å². The fourth-order valence-corrected chi connectivity index (χ4v) is 7.25. The summed E-state index contributed by atoms with van der Waals surface area (Å²) in [4.78, 5) is 0. The van der Waals surface area contributed by atoms with Crippen LogP contribution >= 0.6 is 7.92 Å². The summed E-state index contributed by atoms with van der Waals surface area (Å²) in [5.74, 6) is 0.993. The second kappa shape index (κ2) is 9.84. The Kier molecular flexibility index (Phi) is 6.93. The Bertz CT molecular complexity index is 969. The van der Waals surface area contributed by atoms with E-state index in [9.17, 15) is 0 Å². The maximum atomic E-state index is 4.01. The van der Waals surface area contributed by atoms with Crippen LogP contribution in [0.1, 0.15) is 69.9 Å². The summed E-state index contributed by atoms with van der Waals surface area (Å²) in [6.07, 6.45) is 3.55.